The van der Waals surface area contributed by atoms with Crippen LogP contribution >= 0.6 is 11.6 Å². The van der Waals surface area contributed by atoms with E-state index in [0.717, 1.165) is 17.6 Å². The van der Waals surface area contributed by atoms with Crippen LogP contribution in [0, 0.1) is 0 Å². The Morgan fingerprint density at radius 3 is 2.72 bits per heavy atom. The lowest BCUT2D eigenvalue weighted by atomic mass is 10.2. The van der Waals surface area contributed by atoms with Crippen molar-refractivity contribution in [1.82, 2.24) is 15.2 Å². The molecule has 0 unspecified atom stereocenters. The molecule has 2 aromatic heterocycles. The second-order valence-electron chi connectivity index (χ2n) is 5.88. The molecule has 0 aliphatic heterocycles. The van der Waals surface area contributed by atoms with E-state index in [-0.39, 0.29) is 5.91 Å². The molecule has 0 saturated carbocycles. The van der Waals surface area contributed by atoms with Gasteiger partial charge in [-0.15, -0.1) is 0 Å². The van der Waals surface area contributed by atoms with E-state index < -0.39 is 0 Å². The Morgan fingerprint density at radius 2 is 2.00 bits per heavy atom. The van der Waals surface area contributed by atoms with Gasteiger partial charge in [0.1, 0.15) is 17.1 Å². The molecule has 0 aliphatic carbocycles. The predicted octanol–water partition coefficient (Wildman–Crippen LogP) is 3.52. The molecular formula is C18H19ClN4O2. The summed E-state index contributed by atoms with van der Waals surface area (Å²) in [6, 6.07) is 10.7. The average molecular weight is 359 g/mol. The SMILES string of the molecule is CN(C)CCNC(=O)c1cc2occc2c(Nc2ccc(Cl)cc2)n1. The molecule has 0 bridgehead atoms. The van der Waals surface area contributed by atoms with Crippen molar-refractivity contribution in [1.29, 1.82) is 0 Å². The lowest BCUT2D eigenvalue weighted by molar-refractivity contribution is 0.0946. The van der Waals surface area contributed by atoms with Crippen LogP contribution in [0.25, 0.3) is 11.0 Å². The number of nitrogens with zero attached hydrogens (tertiary/aromatic N) is 2. The summed E-state index contributed by atoms with van der Waals surface area (Å²) < 4.78 is 5.46. The number of halogens is 1. The number of furan rings is 1. The molecule has 0 radical (unpaired) electrons. The number of rotatable bonds is 6. The summed E-state index contributed by atoms with van der Waals surface area (Å²) in [4.78, 5) is 18.8. The average Bonchev–Trinajstić information content (AvgIpc) is 3.05. The summed E-state index contributed by atoms with van der Waals surface area (Å²) in [5.74, 6) is 0.325. The number of amides is 1. The zero-order chi connectivity index (χ0) is 17.8. The van der Waals surface area contributed by atoms with E-state index in [1.165, 1.54) is 0 Å². The van der Waals surface area contributed by atoms with E-state index in [1.54, 1.807) is 24.5 Å². The number of likely N-dealkylation sites (N-methyl/N-ethyl adjacent to an activating group) is 1. The fraction of sp³-hybridized carbons (Fsp3) is 0.222. The van der Waals surface area contributed by atoms with E-state index in [2.05, 4.69) is 15.6 Å². The van der Waals surface area contributed by atoms with Gasteiger partial charge in [0, 0.05) is 29.9 Å². The number of nitrogens with one attached hydrogen (secondary N) is 2. The number of fused-ring (bicyclic) bond motifs is 1. The lowest BCUT2D eigenvalue weighted by Crippen LogP contribution is -2.31. The quantitative estimate of drug-likeness (QED) is 0.705. The molecule has 130 valence electrons. The Labute approximate surface area is 150 Å². The van der Waals surface area contributed by atoms with Gasteiger partial charge in [0.05, 0.1) is 11.6 Å². The third-order valence-corrected chi connectivity index (χ3v) is 3.89. The van der Waals surface area contributed by atoms with Crippen molar-refractivity contribution in [2.24, 2.45) is 0 Å². The molecule has 7 heteroatoms. The van der Waals surface area contributed by atoms with Crippen LogP contribution in [0.5, 0.6) is 0 Å². The first-order chi connectivity index (χ1) is 12.0. The maximum atomic E-state index is 12.4. The first-order valence-corrected chi connectivity index (χ1v) is 8.24. The van der Waals surface area contributed by atoms with Gasteiger partial charge in [-0.05, 0) is 44.4 Å². The van der Waals surface area contributed by atoms with Crippen LogP contribution in [0.1, 0.15) is 10.5 Å². The molecule has 6 nitrogen and oxygen atoms in total. The van der Waals surface area contributed by atoms with Crippen LogP contribution in [0.2, 0.25) is 5.02 Å². The summed E-state index contributed by atoms with van der Waals surface area (Å²) in [6.45, 7) is 1.30. The number of benzene rings is 1. The summed E-state index contributed by atoms with van der Waals surface area (Å²) in [6.07, 6.45) is 1.58. The fourth-order valence-electron chi connectivity index (χ4n) is 2.33. The summed E-state index contributed by atoms with van der Waals surface area (Å²) >= 11 is 5.91. The Bertz CT molecular complexity index is 874. The van der Waals surface area contributed by atoms with E-state index >= 15 is 0 Å². The maximum absolute atomic E-state index is 12.4. The van der Waals surface area contributed by atoms with Crippen LogP contribution < -0.4 is 10.6 Å². The first-order valence-electron chi connectivity index (χ1n) is 7.87. The predicted molar refractivity (Wildman–Crippen MR) is 99.6 cm³/mol. The third-order valence-electron chi connectivity index (χ3n) is 3.63. The van der Waals surface area contributed by atoms with Crippen molar-refractivity contribution < 1.29 is 9.21 Å². The molecule has 1 aromatic carbocycles. The van der Waals surface area contributed by atoms with E-state index in [9.17, 15) is 4.79 Å². The topological polar surface area (TPSA) is 70.4 Å². The smallest absolute Gasteiger partial charge is 0.270 e. The van der Waals surface area contributed by atoms with Gasteiger partial charge >= 0.3 is 0 Å². The van der Waals surface area contributed by atoms with Crippen LogP contribution in [0.15, 0.2) is 47.1 Å². The standard InChI is InChI=1S/C18H19ClN4O2/c1-23(2)9-8-20-18(24)15-11-16-14(7-10-25-16)17(22-15)21-13-5-3-12(19)4-6-13/h3-7,10-11H,8-9H2,1-2H3,(H,20,24)(H,21,22). The summed E-state index contributed by atoms with van der Waals surface area (Å²) in [5.41, 5.74) is 1.73. The Balaban J connectivity index is 1.85. The monoisotopic (exact) mass is 358 g/mol. The molecule has 1 amide bonds. The molecule has 2 N–H and O–H groups in total. The van der Waals surface area contributed by atoms with Crippen molar-refractivity contribution in [3.05, 3.63) is 53.4 Å². The molecular weight excluding hydrogens is 340 g/mol. The minimum atomic E-state index is -0.237. The summed E-state index contributed by atoms with van der Waals surface area (Å²) in [5, 5.41) is 7.53. The second kappa shape index (κ2) is 7.55. The van der Waals surface area contributed by atoms with Crippen LogP contribution in [0.3, 0.4) is 0 Å². The molecule has 0 saturated heterocycles. The van der Waals surface area contributed by atoms with Crippen molar-refractivity contribution in [3.63, 3.8) is 0 Å². The molecule has 2 heterocycles. The van der Waals surface area contributed by atoms with Gasteiger partial charge in [-0.1, -0.05) is 11.6 Å². The van der Waals surface area contributed by atoms with Gasteiger partial charge in [-0.3, -0.25) is 4.79 Å². The van der Waals surface area contributed by atoms with Gasteiger partial charge in [-0.25, -0.2) is 4.98 Å². The minimum Gasteiger partial charge on any atom is -0.464 e. The number of hydrogen-bond donors (Lipinski definition) is 2. The van der Waals surface area contributed by atoms with Gasteiger partial charge < -0.3 is 20.0 Å². The molecule has 3 aromatic rings. The van der Waals surface area contributed by atoms with E-state index in [1.807, 2.05) is 37.2 Å². The number of hydrogen-bond acceptors (Lipinski definition) is 5. The maximum Gasteiger partial charge on any atom is 0.270 e. The highest BCUT2D eigenvalue weighted by Crippen LogP contribution is 2.27. The fourth-order valence-corrected chi connectivity index (χ4v) is 2.46. The molecule has 0 aliphatic rings. The third kappa shape index (κ3) is 4.29. The summed E-state index contributed by atoms with van der Waals surface area (Å²) in [7, 11) is 3.90. The molecule has 0 fully saturated rings. The van der Waals surface area contributed by atoms with Gasteiger partial charge in [-0.2, -0.15) is 0 Å². The van der Waals surface area contributed by atoms with Crippen molar-refractivity contribution in [2.75, 3.05) is 32.5 Å². The van der Waals surface area contributed by atoms with Crippen molar-refractivity contribution in [2.45, 2.75) is 0 Å². The zero-order valence-corrected chi connectivity index (χ0v) is 14.8. The normalized spacial score (nSPS) is 11.0. The molecule has 0 atom stereocenters. The number of aromatic nitrogens is 1. The van der Waals surface area contributed by atoms with Crippen LogP contribution in [-0.2, 0) is 0 Å². The number of pyridine rings is 1. The highest BCUT2D eigenvalue weighted by atomic mass is 35.5. The van der Waals surface area contributed by atoms with Crippen LogP contribution in [-0.4, -0.2) is 43.0 Å². The largest absolute Gasteiger partial charge is 0.464 e. The zero-order valence-electron chi connectivity index (χ0n) is 14.0. The Hall–Kier alpha value is -2.57. The highest BCUT2D eigenvalue weighted by molar-refractivity contribution is 6.30. The number of carbonyl (C=O) groups is 1. The molecule has 25 heavy (non-hydrogen) atoms. The molecule has 0 spiro atoms. The van der Waals surface area contributed by atoms with Crippen molar-refractivity contribution in [3.8, 4) is 0 Å². The van der Waals surface area contributed by atoms with Crippen molar-refractivity contribution >= 4 is 40.0 Å². The Kier molecular flexibility index (Phi) is 5.21. The van der Waals surface area contributed by atoms with E-state index in [4.69, 9.17) is 16.0 Å². The van der Waals surface area contributed by atoms with Gasteiger partial charge in [0.15, 0.2) is 0 Å². The number of carbonyl (C=O) groups excluding carboxylic acids is 1. The Morgan fingerprint density at radius 1 is 1.24 bits per heavy atom. The van der Waals surface area contributed by atoms with Gasteiger partial charge in [0.2, 0.25) is 0 Å². The lowest BCUT2D eigenvalue weighted by Gasteiger charge is -2.11. The van der Waals surface area contributed by atoms with Crippen LogP contribution in [0.4, 0.5) is 11.5 Å². The van der Waals surface area contributed by atoms with Gasteiger partial charge in [0.25, 0.3) is 5.91 Å². The minimum absolute atomic E-state index is 0.237. The highest BCUT2D eigenvalue weighted by Gasteiger charge is 2.14. The van der Waals surface area contributed by atoms with E-state index in [0.29, 0.717) is 28.7 Å². The molecule has 3 rings (SSSR count). The first kappa shape index (κ1) is 17.3. The second-order valence-corrected chi connectivity index (χ2v) is 6.32. The number of anilines is 2.